The van der Waals surface area contributed by atoms with E-state index in [0.29, 0.717) is 25.7 Å². The molecule has 0 unspecified atom stereocenters. The highest BCUT2D eigenvalue weighted by Crippen LogP contribution is 2.32. The minimum absolute atomic E-state index is 0. The molecule has 0 aromatic heterocycles. The largest absolute Gasteiger partial charge is 0.490 e. The van der Waals surface area contributed by atoms with E-state index in [9.17, 15) is 0 Å². The first-order valence-electron chi connectivity index (χ1n) is 7.86. The van der Waals surface area contributed by atoms with Crippen LogP contribution < -0.4 is 20.1 Å². The molecule has 2 aromatic rings. The normalized spacial score (nSPS) is 13.4. The monoisotopic (exact) mass is 473 g/mol. The van der Waals surface area contributed by atoms with Crippen LogP contribution in [0.5, 0.6) is 11.5 Å². The van der Waals surface area contributed by atoms with Crippen molar-refractivity contribution in [2.24, 2.45) is 4.99 Å². The maximum atomic E-state index is 6.01. The van der Waals surface area contributed by atoms with E-state index in [1.54, 1.807) is 7.05 Å². The van der Waals surface area contributed by atoms with Crippen molar-refractivity contribution in [1.82, 2.24) is 5.32 Å². The number of halogens is 2. The van der Waals surface area contributed by atoms with E-state index in [1.165, 1.54) is 0 Å². The molecule has 0 radical (unpaired) electrons. The van der Waals surface area contributed by atoms with Crippen LogP contribution in [-0.4, -0.2) is 26.2 Å². The summed E-state index contributed by atoms with van der Waals surface area (Å²) in [6.07, 6.45) is 0.889. The molecular weight excluding hydrogens is 453 g/mol. The first-order chi connectivity index (χ1) is 11.7. The molecule has 3 rings (SSSR count). The quantitative estimate of drug-likeness (QED) is 0.396. The van der Waals surface area contributed by atoms with E-state index in [1.807, 2.05) is 42.5 Å². The maximum absolute atomic E-state index is 6.01. The molecule has 134 valence electrons. The number of hydrogen-bond acceptors (Lipinski definition) is 3. The Bertz CT molecular complexity index is 740. The number of aliphatic imine (C=N–C) groups is 1. The number of ether oxygens (including phenoxy) is 2. The molecular formula is C18H21ClIN3O2. The number of anilines is 1. The fraction of sp³-hybridized carbons (Fsp3) is 0.278. The Hall–Kier alpha value is -1.67. The first kappa shape index (κ1) is 19.7. The third-order valence-electron chi connectivity index (χ3n) is 3.58. The lowest BCUT2D eigenvalue weighted by Crippen LogP contribution is -2.30. The molecule has 1 aliphatic heterocycles. The number of rotatable bonds is 3. The number of benzene rings is 2. The highest BCUT2D eigenvalue weighted by atomic mass is 127. The smallest absolute Gasteiger partial charge is 0.195 e. The highest BCUT2D eigenvalue weighted by Gasteiger charge is 2.11. The van der Waals surface area contributed by atoms with Crippen molar-refractivity contribution >= 4 is 47.2 Å². The molecule has 0 fully saturated rings. The van der Waals surface area contributed by atoms with Crippen molar-refractivity contribution in [1.29, 1.82) is 0 Å². The Morgan fingerprint density at radius 1 is 1.12 bits per heavy atom. The van der Waals surface area contributed by atoms with E-state index < -0.39 is 0 Å². The molecule has 0 bridgehead atoms. The van der Waals surface area contributed by atoms with Gasteiger partial charge in [0.25, 0.3) is 0 Å². The number of nitrogens with zero attached hydrogens (tertiary/aromatic N) is 1. The van der Waals surface area contributed by atoms with Gasteiger partial charge in [-0.3, -0.25) is 4.99 Å². The van der Waals surface area contributed by atoms with Crippen molar-refractivity contribution in [3.63, 3.8) is 0 Å². The van der Waals surface area contributed by atoms with Gasteiger partial charge in [0, 0.05) is 36.8 Å². The summed E-state index contributed by atoms with van der Waals surface area (Å²) in [4.78, 5) is 4.24. The number of fused-ring (bicyclic) bond motifs is 1. The molecule has 2 N–H and O–H groups in total. The van der Waals surface area contributed by atoms with Crippen LogP contribution in [0.15, 0.2) is 47.5 Å². The standard InChI is InChI=1S/C18H20ClN3O2.HI/c1-20-18(21-12-13-4-2-5-14(19)10-13)22-15-6-7-16-17(11-15)24-9-3-8-23-16;/h2,4-7,10-11H,3,8-9,12H2,1H3,(H2,20,21,22);1H. The van der Waals surface area contributed by atoms with Crippen molar-refractivity contribution in [3.8, 4) is 11.5 Å². The van der Waals surface area contributed by atoms with Crippen LogP contribution in [0.3, 0.4) is 0 Å². The SMILES string of the molecule is CN=C(NCc1cccc(Cl)c1)Nc1ccc2c(c1)OCCCO2.I. The fourth-order valence-corrected chi connectivity index (χ4v) is 2.60. The number of hydrogen-bond donors (Lipinski definition) is 2. The van der Waals surface area contributed by atoms with Gasteiger partial charge in [0.05, 0.1) is 13.2 Å². The summed E-state index contributed by atoms with van der Waals surface area (Å²) in [6.45, 7) is 1.98. The van der Waals surface area contributed by atoms with Gasteiger partial charge in [0.1, 0.15) is 0 Å². The minimum Gasteiger partial charge on any atom is -0.490 e. The van der Waals surface area contributed by atoms with Gasteiger partial charge in [-0.25, -0.2) is 0 Å². The first-order valence-corrected chi connectivity index (χ1v) is 8.24. The summed E-state index contributed by atoms with van der Waals surface area (Å²) in [7, 11) is 1.73. The second kappa shape index (κ2) is 9.72. The Balaban J connectivity index is 0.00000225. The van der Waals surface area contributed by atoms with Crippen LogP contribution in [0.2, 0.25) is 5.02 Å². The molecule has 0 amide bonds. The van der Waals surface area contributed by atoms with Gasteiger partial charge in [-0.1, -0.05) is 23.7 Å². The topological polar surface area (TPSA) is 54.9 Å². The van der Waals surface area contributed by atoms with E-state index in [-0.39, 0.29) is 24.0 Å². The van der Waals surface area contributed by atoms with Gasteiger partial charge in [-0.05, 0) is 29.8 Å². The summed E-state index contributed by atoms with van der Waals surface area (Å²) in [5, 5.41) is 7.24. The Labute approximate surface area is 169 Å². The van der Waals surface area contributed by atoms with Crippen LogP contribution in [0, 0.1) is 0 Å². The summed E-state index contributed by atoms with van der Waals surface area (Å²) >= 11 is 6.01. The average Bonchev–Trinajstić information content (AvgIpc) is 2.83. The van der Waals surface area contributed by atoms with Crippen molar-refractivity contribution in [2.45, 2.75) is 13.0 Å². The number of nitrogens with one attached hydrogen (secondary N) is 2. The Morgan fingerprint density at radius 3 is 2.68 bits per heavy atom. The minimum atomic E-state index is 0. The maximum Gasteiger partial charge on any atom is 0.195 e. The van der Waals surface area contributed by atoms with Gasteiger partial charge in [0.2, 0.25) is 0 Å². The molecule has 1 heterocycles. The van der Waals surface area contributed by atoms with E-state index >= 15 is 0 Å². The zero-order valence-electron chi connectivity index (χ0n) is 13.9. The molecule has 0 atom stereocenters. The van der Waals surface area contributed by atoms with Crippen LogP contribution in [0.25, 0.3) is 0 Å². The third kappa shape index (κ3) is 5.67. The summed E-state index contributed by atoms with van der Waals surface area (Å²) in [6, 6.07) is 13.5. The van der Waals surface area contributed by atoms with E-state index in [0.717, 1.165) is 34.2 Å². The Morgan fingerprint density at radius 2 is 1.92 bits per heavy atom. The van der Waals surface area contributed by atoms with Gasteiger partial charge in [0.15, 0.2) is 17.5 Å². The highest BCUT2D eigenvalue weighted by molar-refractivity contribution is 14.0. The van der Waals surface area contributed by atoms with Gasteiger partial charge < -0.3 is 20.1 Å². The zero-order valence-corrected chi connectivity index (χ0v) is 17.0. The summed E-state index contributed by atoms with van der Waals surface area (Å²) in [5.74, 6) is 2.20. The molecule has 2 aromatic carbocycles. The van der Waals surface area contributed by atoms with Crippen LogP contribution in [0.4, 0.5) is 5.69 Å². The van der Waals surface area contributed by atoms with E-state index in [2.05, 4.69) is 15.6 Å². The third-order valence-corrected chi connectivity index (χ3v) is 3.82. The van der Waals surface area contributed by atoms with Crippen LogP contribution in [-0.2, 0) is 6.54 Å². The zero-order chi connectivity index (χ0) is 16.8. The predicted octanol–water partition coefficient (Wildman–Crippen LogP) is 4.31. The van der Waals surface area contributed by atoms with Gasteiger partial charge in [-0.15, -0.1) is 24.0 Å². The second-order valence-electron chi connectivity index (χ2n) is 5.39. The van der Waals surface area contributed by atoms with E-state index in [4.69, 9.17) is 21.1 Å². The number of guanidine groups is 1. The second-order valence-corrected chi connectivity index (χ2v) is 5.83. The van der Waals surface area contributed by atoms with Crippen molar-refractivity contribution in [3.05, 3.63) is 53.1 Å². The molecule has 5 nitrogen and oxygen atoms in total. The lowest BCUT2D eigenvalue weighted by atomic mass is 10.2. The molecule has 0 aliphatic carbocycles. The molecule has 0 spiro atoms. The summed E-state index contributed by atoms with van der Waals surface area (Å²) < 4.78 is 11.3. The summed E-state index contributed by atoms with van der Waals surface area (Å²) in [5.41, 5.74) is 1.97. The van der Waals surface area contributed by atoms with Gasteiger partial charge >= 0.3 is 0 Å². The van der Waals surface area contributed by atoms with Crippen molar-refractivity contribution in [2.75, 3.05) is 25.6 Å². The van der Waals surface area contributed by atoms with Gasteiger partial charge in [-0.2, -0.15) is 0 Å². The molecule has 7 heteroatoms. The molecule has 0 saturated carbocycles. The molecule has 0 saturated heterocycles. The molecule has 1 aliphatic rings. The lowest BCUT2D eigenvalue weighted by molar-refractivity contribution is 0.297. The van der Waals surface area contributed by atoms with Crippen molar-refractivity contribution < 1.29 is 9.47 Å². The lowest BCUT2D eigenvalue weighted by Gasteiger charge is -2.14. The Kier molecular flexibility index (Phi) is 7.64. The average molecular weight is 474 g/mol. The van der Waals surface area contributed by atoms with Crippen LogP contribution >= 0.6 is 35.6 Å². The van der Waals surface area contributed by atoms with Crippen LogP contribution in [0.1, 0.15) is 12.0 Å². The fourth-order valence-electron chi connectivity index (χ4n) is 2.39. The predicted molar refractivity (Wildman–Crippen MR) is 113 cm³/mol. The molecule has 25 heavy (non-hydrogen) atoms.